The van der Waals surface area contributed by atoms with E-state index in [9.17, 15) is 8.78 Å². The summed E-state index contributed by atoms with van der Waals surface area (Å²) in [4.78, 5) is 27.6. The van der Waals surface area contributed by atoms with Crippen LogP contribution in [0.2, 0.25) is 0 Å². The lowest BCUT2D eigenvalue weighted by molar-refractivity contribution is 0.570. The number of aryl methyl sites for hydroxylation is 1. The first-order valence-corrected chi connectivity index (χ1v) is 15.7. The SMILES string of the molecule is Cc1c(F)ccc(-c2ncccc2-c2ccc3ncsc3n2)c1F.Cc1cccc(-c2cccnc2-c2ccnc3ccccc23)n1. The molecule has 0 radical (unpaired) electrons. The summed E-state index contributed by atoms with van der Waals surface area (Å²) in [6.07, 6.45) is 5.24. The van der Waals surface area contributed by atoms with Gasteiger partial charge >= 0.3 is 0 Å². The Morgan fingerprint density at radius 2 is 1.28 bits per heavy atom. The summed E-state index contributed by atoms with van der Waals surface area (Å²) in [5.74, 6) is -1.17. The topological polar surface area (TPSA) is 77.3 Å². The normalized spacial score (nSPS) is 11.0. The molecule has 6 heterocycles. The molecule has 228 valence electrons. The van der Waals surface area contributed by atoms with E-state index in [1.165, 1.54) is 30.4 Å². The molecule has 8 aromatic rings. The van der Waals surface area contributed by atoms with Gasteiger partial charge in [0.1, 0.15) is 16.5 Å². The maximum Gasteiger partial charge on any atom is 0.143 e. The Bertz CT molecular complexity index is 2380. The number of pyridine rings is 5. The first-order valence-electron chi connectivity index (χ1n) is 14.8. The lowest BCUT2D eigenvalue weighted by Gasteiger charge is -2.11. The van der Waals surface area contributed by atoms with Crippen molar-refractivity contribution in [2.45, 2.75) is 13.8 Å². The fraction of sp³-hybridized carbons (Fsp3) is 0.0526. The van der Waals surface area contributed by atoms with Crippen molar-refractivity contribution in [1.29, 1.82) is 0 Å². The molecule has 0 bridgehead atoms. The van der Waals surface area contributed by atoms with E-state index in [2.05, 4.69) is 42.0 Å². The van der Waals surface area contributed by atoms with Crippen molar-refractivity contribution in [3.05, 3.63) is 144 Å². The minimum Gasteiger partial charge on any atom is -0.256 e. The Morgan fingerprint density at radius 1 is 0.532 bits per heavy atom. The zero-order chi connectivity index (χ0) is 32.3. The quantitative estimate of drug-likeness (QED) is 0.191. The molecular weight excluding hydrogens is 611 g/mol. The number of nitrogens with zero attached hydrogens (tertiary/aromatic N) is 6. The molecule has 9 heteroatoms. The molecule has 0 N–H and O–H groups in total. The van der Waals surface area contributed by atoms with E-state index < -0.39 is 11.6 Å². The van der Waals surface area contributed by atoms with Gasteiger partial charge in [0.05, 0.1) is 39.3 Å². The van der Waals surface area contributed by atoms with Crippen LogP contribution in [0.15, 0.2) is 121 Å². The predicted molar refractivity (Wildman–Crippen MR) is 184 cm³/mol. The van der Waals surface area contributed by atoms with Crippen LogP contribution in [0.25, 0.3) is 66.3 Å². The van der Waals surface area contributed by atoms with Gasteiger partial charge in [-0.25, -0.2) is 18.7 Å². The van der Waals surface area contributed by atoms with Gasteiger partial charge in [0.15, 0.2) is 0 Å². The lowest BCUT2D eigenvalue weighted by atomic mass is 10.00. The second kappa shape index (κ2) is 12.9. The Balaban J connectivity index is 0.000000150. The first kappa shape index (κ1) is 29.9. The molecular formula is C38H26F2N6S. The van der Waals surface area contributed by atoms with E-state index in [1.807, 2.05) is 86.0 Å². The van der Waals surface area contributed by atoms with E-state index >= 15 is 0 Å². The van der Waals surface area contributed by atoms with Gasteiger partial charge in [0.25, 0.3) is 0 Å². The van der Waals surface area contributed by atoms with Gasteiger partial charge in [0, 0.05) is 57.5 Å². The number of rotatable bonds is 4. The Kier molecular flexibility index (Phi) is 8.20. The van der Waals surface area contributed by atoms with Crippen LogP contribution in [0, 0.1) is 25.5 Å². The number of fused-ring (bicyclic) bond motifs is 2. The molecule has 6 nitrogen and oxygen atoms in total. The van der Waals surface area contributed by atoms with Crippen LogP contribution >= 0.6 is 11.3 Å². The summed E-state index contributed by atoms with van der Waals surface area (Å²) in [5.41, 5.74) is 10.6. The maximum absolute atomic E-state index is 14.5. The third-order valence-corrected chi connectivity index (χ3v) is 8.47. The van der Waals surface area contributed by atoms with E-state index in [-0.39, 0.29) is 11.1 Å². The molecule has 8 rings (SSSR count). The van der Waals surface area contributed by atoms with Crippen molar-refractivity contribution < 1.29 is 8.78 Å². The van der Waals surface area contributed by atoms with Crippen LogP contribution in [0.5, 0.6) is 0 Å². The monoisotopic (exact) mass is 636 g/mol. The van der Waals surface area contributed by atoms with Gasteiger partial charge in [-0.1, -0.05) is 24.3 Å². The predicted octanol–water partition coefficient (Wildman–Crippen LogP) is 9.67. The second-order valence-corrected chi connectivity index (χ2v) is 11.6. The minimum atomic E-state index is -0.603. The van der Waals surface area contributed by atoms with Crippen LogP contribution in [0.3, 0.4) is 0 Å². The van der Waals surface area contributed by atoms with Crippen LogP contribution in [0.1, 0.15) is 11.3 Å². The summed E-state index contributed by atoms with van der Waals surface area (Å²) in [6, 6.07) is 30.2. The third kappa shape index (κ3) is 5.96. The highest BCUT2D eigenvalue weighted by Crippen LogP contribution is 2.34. The zero-order valence-corrected chi connectivity index (χ0v) is 26.2. The number of aromatic nitrogens is 6. The van der Waals surface area contributed by atoms with Gasteiger partial charge < -0.3 is 0 Å². The van der Waals surface area contributed by atoms with E-state index in [0.717, 1.165) is 49.5 Å². The number of thiazole rings is 1. The Morgan fingerprint density at radius 3 is 2.06 bits per heavy atom. The van der Waals surface area contributed by atoms with Gasteiger partial charge in [-0.2, -0.15) is 0 Å². The van der Waals surface area contributed by atoms with Crippen molar-refractivity contribution in [2.24, 2.45) is 0 Å². The molecule has 0 saturated carbocycles. The van der Waals surface area contributed by atoms with Crippen LogP contribution in [-0.4, -0.2) is 29.9 Å². The number of hydrogen-bond donors (Lipinski definition) is 0. The van der Waals surface area contributed by atoms with Crippen LogP contribution in [0.4, 0.5) is 8.78 Å². The maximum atomic E-state index is 14.5. The average Bonchev–Trinajstić information content (AvgIpc) is 3.59. The minimum absolute atomic E-state index is 0.0185. The number of para-hydroxylation sites is 1. The van der Waals surface area contributed by atoms with Crippen molar-refractivity contribution in [3.63, 3.8) is 0 Å². The van der Waals surface area contributed by atoms with Crippen molar-refractivity contribution in [1.82, 2.24) is 29.9 Å². The first-order chi connectivity index (χ1) is 23.0. The highest BCUT2D eigenvalue weighted by atomic mass is 32.1. The summed E-state index contributed by atoms with van der Waals surface area (Å²) < 4.78 is 28.1. The average molecular weight is 637 g/mol. The molecule has 0 unspecified atom stereocenters. The third-order valence-electron chi connectivity index (χ3n) is 7.73. The standard InChI is InChI=1S/C20H15N3.C18H11F2N3S/c1-14-6-4-10-19(23-14)17-8-5-12-22-20(17)16-11-13-21-18-9-3-2-7-15(16)18;1-10-13(19)5-4-12(16(10)20)17-11(3-2-8-21-17)14-6-7-15-18(23-14)24-9-22-15/h2-13H,1H3;2-9H,1H3. The van der Waals surface area contributed by atoms with Gasteiger partial charge in [-0.15, -0.1) is 11.3 Å². The molecule has 0 aliphatic heterocycles. The van der Waals surface area contributed by atoms with Crippen LogP contribution in [-0.2, 0) is 0 Å². The fourth-order valence-corrected chi connectivity index (χ4v) is 6.05. The van der Waals surface area contributed by atoms with Gasteiger partial charge in [-0.05, 0) is 86.6 Å². The van der Waals surface area contributed by atoms with Gasteiger partial charge in [-0.3, -0.25) is 19.9 Å². The molecule has 0 fully saturated rings. The summed E-state index contributed by atoms with van der Waals surface area (Å²) >= 11 is 1.44. The second-order valence-electron chi connectivity index (χ2n) is 10.7. The molecule has 6 aromatic heterocycles. The van der Waals surface area contributed by atoms with Crippen molar-refractivity contribution in [2.75, 3.05) is 0 Å². The van der Waals surface area contributed by atoms with E-state index in [1.54, 1.807) is 17.8 Å². The van der Waals surface area contributed by atoms with E-state index in [0.29, 0.717) is 17.0 Å². The molecule has 0 atom stereocenters. The van der Waals surface area contributed by atoms with Crippen molar-refractivity contribution >= 4 is 32.6 Å². The molecule has 0 saturated heterocycles. The molecule has 0 aliphatic rings. The molecule has 0 aliphatic carbocycles. The highest BCUT2D eigenvalue weighted by molar-refractivity contribution is 7.16. The van der Waals surface area contributed by atoms with E-state index in [4.69, 9.17) is 0 Å². The number of benzene rings is 2. The number of hydrogen-bond acceptors (Lipinski definition) is 7. The molecule has 0 amide bonds. The summed E-state index contributed by atoms with van der Waals surface area (Å²) in [5, 5.41) is 1.10. The molecule has 0 spiro atoms. The summed E-state index contributed by atoms with van der Waals surface area (Å²) in [7, 11) is 0. The summed E-state index contributed by atoms with van der Waals surface area (Å²) in [6.45, 7) is 3.42. The highest BCUT2D eigenvalue weighted by Gasteiger charge is 2.17. The van der Waals surface area contributed by atoms with Gasteiger partial charge in [0.2, 0.25) is 0 Å². The fourth-order valence-electron chi connectivity index (χ4n) is 5.39. The Hall–Kier alpha value is -5.80. The largest absolute Gasteiger partial charge is 0.256 e. The Labute approximate surface area is 273 Å². The molecule has 2 aromatic carbocycles. The zero-order valence-electron chi connectivity index (χ0n) is 25.4. The van der Waals surface area contributed by atoms with Crippen LogP contribution < -0.4 is 0 Å². The lowest BCUT2D eigenvalue weighted by Crippen LogP contribution is -1.97. The smallest absolute Gasteiger partial charge is 0.143 e. The molecule has 47 heavy (non-hydrogen) atoms. The van der Waals surface area contributed by atoms with Crippen molar-refractivity contribution in [3.8, 4) is 45.0 Å². The number of halogens is 2.